The Balaban J connectivity index is 0.969. The molecule has 1 aliphatic rings. The van der Waals surface area contributed by atoms with Crippen molar-refractivity contribution in [2.45, 2.75) is 9.79 Å². The van der Waals surface area contributed by atoms with Crippen molar-refractivity contribution in [1.29, 1.82) is 0 Å². The van der Waals surface area contributed by atoms with Gasteiger partial charge in [0, 0.05) is 48.5 Å². The van der Waals surface area contributed by atoms with Crippen LogP contribution in [-0.2, 0) is 0 Å². The number of para-hydroxylation sites is 3. The van der Waals surface area contributed by atoms with Gasteiger partial charge in [0.05, 0.1) is 33.6 Å². The Hall–Kier alpha value is -8.25. The normalized spacial score (nSPS) is 12.2. The van der Waals surface area contributed by atoms with Gasteiger partial charge >= 0.3 is 0 Å². The van der Waals surface area contributed by atoms with Gasteiger partial charge in [0.1, 0.15) is 0 Å². The fourth-order valence-electron chi connectivity index (χ4n) is 9.70. The van der Waals surface area contributed by atoms with Crippen LogP contribution in [0.25, 0.3) is 94.1 Å². The van der Waals surface area contributed by atoms with Crippen molar-refractivity contribution in [3.63, 3.8) is 0 Å². The number of fused-ring (bicyclic) bond motifs is 8. The lowest BCUT2D eigenvalue weighted by molar-refractivity contribution is 1.16. The molecule has 0 atom stereocenters. The fraction of sp³-hybridized carbons (Fsp3) is 0. The zero-order valence-electron chi connectivity index (χ0n) is 35.1. The van der Waals surface area contributed by atoms with Gasteiger partial charge in [0.15, 0.2) is 5.82 Å². The second kappa shape index (κ2) is 15.2. The minimum Gasteiger partial charge on any atom is -0.309 e. The van der Waals surface area contributed by atoms with Crippen LogP contribution in [0, 0.1) is 0 Å². The van der Waals surface area contributed by atoms with Gasteiger partial charge in [0.2, 0.25) is 0 Å². The molecule has 0 N–H and O–H groups in total. The number of nitrogens with zero attached hydrogens (tertiary/aromatic N) is 4. The molecule has 13 rings (SSSR count). The Bertz CT molecular complexity index is 3800. The Morgan fingerprint density at radius 2 is 1.00 bits per heavy atom. The summed E-state index contributed by atoms with van der Waals surface area (Å²) in [5.41, 5.74) is 15.4. The SMILES string of the molecule is c1ccc(-c2ccc(-c3nc(-c4cccc(-n5c6cc(-c7ccc8c(c7)N(c7ccccc7)c7ccccc7S8)ccc6c6c7ccccc7ccc65)c4)nc4ccccc34)cc2)cc1. The van der Waals surface area contributed by atoms with Crippen molar-refractivity contribution in [1.82, 2.24) is 14.5 Å². The van der Waals surface area contributed by atoms with Gasteiger partial charge in [-0.1, -0.05) is 176 Å². The minimum absolute atomic E-state index is 0.691. The molecule has 304 valence electrons. The molecule has 0 spiro atoms. The molecule has 2 aromatic heterocycles. The zero-order valence-corrected chi connectivity index (χ0v) is 36.0. The molecular formula is C60H38N4S. The minimum atomic E-state index is 0.691. The first-order chi connectivity index (χ1) is 32.2. The highest BCUT2D eigenvalue weighted by Gasteiger charge is 2.26. The second-order valence-corrected chi connectivity index (χ2v) is 17.7. The first-order valence-electron chi connectivity index (χ1n) is 22.0. The predicted octanol–water partition coefficient (Wildman–Crippen LogP) is 16.5. The smallest absolute Gasteiger partial charge is 0.160 e. The number of benzene rings is 10. The molecule has 1 aliphatic heterocycles. The van der Waals surface area contributed by atoms with E-state index in [2.05, 4.69) is 240 Å². The van der Waals surface area contributed by atoms with Crippen LogP contribution in [0.1, 0.15) is 0 Å². The van der Waals surface area contributed by atoms with Crippen LogP contribution in [-0.4, -0.2) is 14.5 Å². The van der Waals surface area contributed by atoms with Crippen molar-refractivity contribution in [2.24, 2.45) is 0 Å². The standard InChI is InChI=1S/C60H38N4S/c1-3-14-39(15-4-1)40-26-28-42(29-27-40)59-49-22-9-10-23-51(49)61-60(62-59)45-17-13-20-47(36-45)64-53-34-31-41-16-7-8-21-48(41)58(53)50-33-30-43(37-54(50)64)44-32-35-57-55(38-44)63(46-18-5-2-6-19-46)52-24-11-12-25-56(52)65-57/h1-38H. The molecule has 4 nitrogen and oxygen atoms in total. The highest BCUT2D eigenvalue weighted by molar-refractivity contribution is 7.99. The van der Waals surface area contributed by atoms with Crippen molar-refractivity contribution < 1.29 is 0 Å². The van der Waals surface area contributed by atoms with E-state index in [0.29, 0.717) is 5.82 Å². The molecule has 0 amide bonds. The van der Waals surface area contributed by atoms with Crippen molar-refractivity contribution in [3.05, 3.63) is 231 Å². The van der Waals surface area contributed by atoms with E-state index in [1.165, 1.54) is 53.8 Å². The Morgan fingerprint density at radius 3 is 1.88 bits per heavy atom. The van der Waals surface area contributed by atoms with Crippen LogP contribution in [0.3, 0.4) is 0 Å². The van der Waals surface area contributed by atoms with E-state index in [4.69, 9.17) is 9.97 Å². The number of anilines is 3. The van der Waals surface area contributed by atoms with E-state index < -0.39 is 0 Å². The average molecular weight is 847 g/mol. The topological polar surface area (TPSA) is 34.0 Å². The number of hydrogen-bond acceptors (Lipinski definition) is 4. The Morgan fingerprint density at radius 1 is 0.354 bits per heavy atom. The van der Waals surface area contributed by atoms with Gasteiger partial charge in [-0.3, -0.25) is 0 Å². The van der Waals surface area contributed by atoms with Crippen LogP contribution in [0.5, 0.6) is 0 Å². The summed E-state index contributed by atoms with van der Waals surface area (Å²) in [5, 5.41) is 5.94. The maximum Gasteiger partial charge on any atom is 0.160 e. The maximum absolute atomic E-state index is 5.34. The summed E-state index contributed by atoms with van der Waals surface area (Å²) in [7, 11) is 0. The second-order valence-electron chi connectivity index (χ2n) is 16.6. The van der Waals surface area contributed by atoms with Gasteiger partial charge in [-0.25, -0.2) is 9.97 Å². The first kappa shape index (κ1) is 37.3. The lowest BCUT2D eigenvalue weighted by atomic mass is 10.00. The number of rotatable bonds is 6. The average Bonchev–Trinajstić information content (AvgIpc) is 3.72. The quantitative estimate of drug-likeness (QED) is 0.167. The molecule has 0 saturated heterocycles. The fourth-order valence-corrected chi connectivity index (χ4v) is 10.7. The highest BCUT2D eigenvalue weighted by Crippen LogP contribution is 2.52. The summed E-state index contributed by atoms with van der Waals surface area (Å²) in [5.74, 6) is 0.691. The summed E-state index contributed by atoms with van der Waals surface area (Å²) in [4.78, 5) is 15.4. The first-order valence-corrected chi connectivity index (χ1v) is 22.8. The molecule has 65 heavy (non-hydrogen) atoms. The van der Waals surface area contributed by atoms with Crippen molar-refractivity contribution >= 4 is 72.3 Å². The molecule has 5 heteroatoms. The molecule has 0 radical (unpaired) electrons. The van der Waals surface area contributed by atoms with E-state index in [-0.39, 0.29) is 0 Å². The number of aromatic nitrogens is 3. The van der Waals surface area contributed by atoms with E-state index in [9.17, 15) is 0 Å². The van der Waals surface area contributed by atoms with Crippen molar-refractivity contribution in [2.75, 3.05) is 4.90 Å². The molecule has 0 saturated carbocycles. The van der Waals surface area contributed by atoms with E-state index >= 15 is 0 Å². The molecule has 0 fully saturated rings. The Labute approximate surface area is 380 Å². The third-order valence-electron chi connectivity index (χ3n) is 12.8. The summed E-state index contributed by atoms with van der Waals surface area (Å²) in [6, 6.07) is 82.8. The lowest BCUT2D eigenvalue weighted by Gasteiger charge is -2.33. The third-order valence-corrected chi connectivity index (χ3v) is 13.9. The molecule has 10 aromatic carbocycles. The monoisotopic (exact) mass is 846 g/mol. The van der Waals surface area contributed by atoms with Gasteiger partial charge in [-0.2, -0.15) is 0 Å². The summed E-state index contributed by atoms with van der Waals surface area (Å²) < 4.78 is 2.43. The van der Waals surface area contributed by atoms with Gasteiger partial charge in [-0.05, 0) is 99.8 Å². The largest absolute Gasteiger partial charge is 0.309 e. The highest BCUT2D eigenvalue weighted by atomic mass is 32.2. The van der Waals surface area contributed by atoms with E-state index in [1.807, 2.05) is 11.8 Å². The Kier molecular flexibility index (Phi) is 8.74. The van der Waals surface area contributed by atoms with Crippen molar-refractivity contribution in [3.8, 4) is 50.6 Å². The molecule has 0 unspecified atom stereocenters. The van der Waals surface area contributed by atoms with Crippen LogP contribution >= 0.6 is 11.8 Å². The van der Waals surface area contributed by atoms with Crippen LogP contribution in [0.2, 0.25) is 0 Å². The van der Waals surface area contributed by atoms with Gasteiger partial charge in [0.25, 0.3) is 0 Å². The third kappa shape index (κ3) is 6.31. The molecule has 0 bridgehead atoms. The van der Waals surface area contributed by atoms with E-state index in [0.717, 1.165) is 61.3 Å². The van der Waals surface area contributed by atoms with Crippen LogP contribution < -0.4 is 4.90 Å². The van der Waals surface area contributed by atoms with Crippen LogP contribution in [0.15, 0.2) is 240 Å². The molecule has 0 aliphatic carbocycles. The van der Waals surface area contributed by atoms with Gasteiger partial charge in [-0.15, -0.1) is 0 Å². The van der Waals surface area contributed by atoms with Gasteiger partial charge < -0.3 is 9.47 Å². The molecular weight excluding hydrogens is 809 g/mol. The number of hydrogen-bond donors (Lipinski definition) is 0. The van der Waals surface area contributed by atoms with Crippen LogP contribution in [0.4, 0.5) is 17.1 Å². The summed E-state index contributed by atoms with van der Waals surface area (Å²) in [6.07, 6.45) is 0. The zero-order chi connectivity index (χ0) is 42.8. The van der Waals surface area contributed by atoms with E-state index in [1.54, 1.807) is 0 Å². The molecule has 12 aromatic rings. The predicted molar refractivity (Wildman–Crippen MR) is 272 cm³/mol. The maximum atomic E-state index is 5.34. The molecule has 3 heterocycles. The summed E-state index contributed by atoms with van der Waals surface area (Å²) >= 11 is 1.83. The lowest BCUT2D eigenvalue weighted by Crippen LogP contribution is -2.14. The summed E-state index contributed by atoms with van der Waals surface area (Å²) in [6.45, 7) is 0.